The van der Waals surface area contributed by atoms with Gasteiger partial charge in [-0.2, -0.15) is 5.10 Å². The highest BCUT2D eigenvalue weighted by Crippen LogP contribution is 2.15. The van der Waals surface area contributed by atoms with Crippen LogP contribution < -0.4 is 10.5 Å². The molecule has 0 radical (unpaired) electrons. The van der Waals surface area contributed by atoms with Gasteiger partial charge >= 0.3 is 0 Å². The smallest absolute Gasteiger partial charge is 0.240 e. The summed E-state index contributed by atoms with van der Waals surface area (Å²) in [6.07, 6.45) is 1.81. The Morgan fingerprint density at radius 1 is 1.48 bits per heavy atom. The van der Waals surface area contributed by atoms with Crippen LogP contribution in [0.4, 0.5) is 0 Å². The number of benzene rings is 1. The second-order valence-electron chi connectivity index (χ2n) is 4.42. The van der Waals surface area contributed by atoms with Crippen molar-refractivity contribution in [2.24, 2.45) is 5.73 Å². The zero-order valence-corrected chi connectivity index (χ0v) is 13.0. The van der Waals surface area contributed by atoms with E-state index in [-0.39, 0.29) is 16.4 Å². The molecule has 0 atom stereocenters. The zero-order valence-electron chi connectivity index (χ0n) is 11.3. The maximum Gasteiger partial charge on any atom is 0.240 e. The summed E-state index contributed by atoms with van der Waals surface area (Å²) in [5, 5.41) is 6.36. The number of aromatic amines is 1. The van der Waals surface area contributed by atoms with E-state index in [9.17, 15) is 8.42 Å². The Bertz CT molecular complexity index is 741. The van der Waals surface area contributed by atoms with Crippen LogP contribution >= 0.6 is 12.2 Å². The van der Waals surface area contributed by atoms with E-state index in [0.717, 1.165) is 5.56 Å². The number of hydrogen-bond acceptors (Lipinski definition) is 5. The monoisotopic (exact) mass is 325 g/mol. The number of nitrogens with one attached hydrogen (secondary N) is 2. The minimum Gasteiger partial charge on any atom is -0.389 e. The van der Waals surface area contributed by atoms with Crippen molar-refractivity contribution < 1.29 is 8.42 Å². The van der Waals surface area contributed by atoms with Crippen LogP contribution in [0, 0.1) is 6.92 Å². The molecule has 0 fully saturated rings. The van der Waals surface area contributed by atoms with Gasteiger partial charge in [-0.3, -0.25) is 5.10 Å². The van der Waals surface area contributed by atoms with Crippen LogP contribution in [-0.4, -0.2) is 35.1 Å². The quantitative estimate of drug-likeness (QED) is 0.657. The fourth-order valence-corrected chi connectivity index (χ4v) is 3.16. The SMILES string of the molecule is Cc1cc(S(=O)(=O)NCCc2ncn[nH]2)ccc1C(N)=S. The Morgan fingerprint density at radius 2 is 2.24 bits per heavy atom. The van der Waals surface area contributed by atoms with Crippen LogP contribution in [0.25, 0.3) is 0 Å². The van der Waals surface area contributed by atoms with Crippen LogP contribution in [0.15, 0.2) is 29.4 Å². The molecule has 0 spiro atoms. The topological polar surface area (TPSA) is 114 Å². The summed E-state index contributed by atoms with van der Waals surface area (Å²) >= 11 is 4.90. The molecule has 0 aliphatic heterocycles. The van der Waals surface area contributed by atoms with Gasteiger partial charge in [-0.25, -0.2) is 18.1 Å². The van der Waals surface area contributed by atoms with Crippen LogP contribution in [0.5, 0.6) is 0 Å². The molecule has 4 N–H and O–H groups in total. The first-order valence-corrected chi connectivity index (χ1v) is 8.03. The molecule has 2 rings (SSSR count). The number of aromatic nitrogens is 3. The van der Waals surface area contributed by atoms with E-state index in [1.807, 2.05) is 0 Å². The van der Waals surface area contributed by atoms with Crippen LogP contribution in [-0.2, 0) is 16.4 Å². The summed E-state index contributed by atoms with van der Waals surface area (Å²) in [6, 6.07) is 4.65. The molecule has 9 heteroatoms. The normalized spacial score (nSPS) is 11.5. The second-order valence-corrected chi connectivity index (χ2v) is 6.63. The van der Waals surface area contributed by atoms with E-state index in [2.05, 4.69) is 19.9 Å². The number of H-pyrrole nitrogens is 1. The highest BCUT2D eigenvalue weighted by molar-refractivity contribution is 7.89. The first-order valence-electron chi connectivity index (χ1n) is 6.14. The molecule has 7 nitrogen and oxygen atoms in total. The molecule has 0 bridgehead atoms. The molecule has 0 amide bonds. The lowest BCUT2D eigenvalue weighted by molar-refractivity contribution is 0.581. The van der Waals surface area contributed by atoms with Crippen LogP contribution in [0.1, 0.15) is 17.0 Å². The number of nitrogens with two attached hydrogens (primary N) is 1. The lowest BCUT2D eigenvalue weighted by Crippen LogP contribution is -2.26. The fourth-order valence-electron chi connectivity index (χ4n) is 1.82. The summed E-state index contributed by atoms with van der Waals surface area (Å²) in [5.41, 5.74) is 6.95. The number of thiocarbonyl (C=S) groups is 1. The molecule has 1 aromatic heterocycles. The van der Waals surface area contributed by atoms with Gasteiger partial charge in [-0.15, -0.1) is 0 Å². The number of nitrogens with zero attached hydrogens (tertiary/aromatic N) is 2. The Morgan fingerprint density at radius 3 is 2.81 bits per heavy atom. The predicted octanol–water partition coefficient (Wildman–Crippen LogP) is 0.268. The van der Waals surface area contributed by atoms with Gasteiger partial charge in [-0.05, 0) is 24.6 Å². The zero-order chi connectivity index (χ0) is 15.5. The Balaban J connectivity index is 2.08. The number of rotatable bonds is 6. The van der Waals surface area contributed by atoms with Gasteiger partial charge in [0.05, 0.1) is 4.90 Å². The van der Waals surface area contributed by atoms with Gasteiger partial charge < -0.3 is 5.73 Å². The lowest BCUT2D eigenvalue weighted by atomic mass is 10.1. The van der Waals surface area contributed by atoms with Crippen molar-refractivity contribution in [3.8, 4) is 0 Å². The maximum absolute atomic E-state index is 12.2. The minimum absolute atomic E-state index is 0.178. The summed E-state index contributed by atoms with van der Waals surface area (Å²) < 4.78 is 26.9. The standard InChI is InChI=1S/C12H15N5O2S2/c1-8-6-9(2-3-10(8)12(13)20)21(18,19)16-5-4-11-14-7-15-17-11/h2-3,6-7,16H,4-5H2,1H3,(H2,13,20)(H,14,15,17). The third-order valence-corrected chi connectivity index (χ3v) is 4.57. The molecule has 112 valence electrons. The van der Waals surface area contributed by atoms with Crippen molar-refractivity contribution in [3.63, 3.8) is 0 Å². The molecule has 1 heterocycles. The molecule has 0 saturated carbocycles. The van der Waals surface area contributed by atoms with Crippen molar-refractivity contribution in [2.45, 2.75) is 18.2 Å². The van der Waals surface area contributed by atoms with Gasteiger partial charge in [0.2, 0.25) is 10.0 Å². The molecule has 0 unspecified atom stereocenters. The highest BCUT2D eigenvalue weighted by atomic mass is 32.2. The molecule has 0 aliphatic rings. The second kappa shape index (κ2) is 6.29. The predicted molar refractivity (Wildman–Crippen MR) is 82.3 cm³/mol. The minimum atomic E-state index is -3.57. The fraction of sp³-hybridized carbons (Fsp3) is 0.250. The summed E-state index contributed by atoms with van der Waals surface area (Å²) in [7, 11) is -3.57. The summed E-state index contributed by atoms with van der Waals surface area (Å²) in [4.78, 5) is 4.35. The van der Waals surface area contributed by atoms with E-state index < -0.39 is 10.0 Å². The van der Waals surface area contributed by atoms with E-state index >= 15 is 0 Å². The molecule has 0 saturated heterocycles. The van der Waals surface area contributed by atoms with E-state index in [1.54, 1.807) is 19.1 Å². The molecule has 1 aromatic carbocycles. The van der Waals surface area contributed by atoms with Crippen molar-refractivity contribution >= 4 is 27.2 Å². The van der Waals surface area contributed by atoms with E-state index in [1.165, 1.54) is 12.4 Å². The maximum atomic E-state index is 12.2. The Hall–Kier alpha value is -1.84. The summed E-state index contributed by atoms with van der Waals surface area (Å²) in [5.74, 6) is 0.623. The summed E-state index contributed by atoms with van der Waals surface area (Å²) in [6.45, 7) is 2.00. The van der Waals surface area contributed by atoms with Crippen molar-refractivity contribution in [3.05, 3.63) is 41.5 Å². The van der Waals surface area contributed by atoms with Crippen molar-refractivity contribution in [1.82, 2.24) is 19.9 Å². The number of sulfonamides is 1. The van der Waals surface area contributed by atoms with Crippen LogP contribution in [0.3, 0.4) is 0 Å². The van der Waals surface area contributed by atoms with Gasteiger partial charge in [0.1, 0.15) is 17.1 Å². The van der Waals surface area contributed by atoms with Crippen LogP contribution in [0.2, 0.25) is 0 Å². The molecular weight excluding hydrogens is 310 g/mol. The number of aryl methyl sites for hydroxylation is 1. The van der Waals surface area contributed by atoms with Gasteiger partial charge in [-0.1, -0.05) is 18.3 Å². The third-order valence-electron chi connectivity index (χ3n) is 2.89. The third kappa shape index (κ3) is 3.84. The first kappa shape index (κ1) is 15.5. The van der Waals surface area contributed by atoms with Gasteiger partial charge in [0.15, 0.2) is 0 Å². The molecular formula is C12H15N5O2S2. The average molecular weight is 325 g/mol. The van der Waals surface area contributed by atoms with Gasteiger partial charge in [0.25, 0.3) is 0 Å². The largest absolute Gasteiger partial charge is 0.389 e. The lowest BCUT2D eigenvalue weighted by Gasteiger charge is -2.09. The Labute approximate surface area is 128 Å². The average Bonchev–Trinajstić information content (AvgIpc) is 2.91. The number of hydrogen-bond donors (Lipinski definition) is 3. The molecule has 21 heavy (non-hydrogen) atoms. The molecule has 2 aromatic rings. The first-order chi connectivity index (χ1) is 9.90. The highest BCUT2D eigenvalue weighted by Gasteiger charge is 2.15. The van der Waals surface area contributed by atoms with Gasteiger partial charge in [0, 0.05) is 18.5 Å². The van der Waals surface area contributed by atoms with E-state index in [0.29, 0.717) is 17.8 Å². The van der Waals surface area contributed by atoms with Crippen molar-refractivity contribution in [2.75, 3.05) is 6.54 Å². The Kier molecular flexibility index (Phi) is 4.66. The van der Waals surface area contributed by atoms with Crippen molar-refractivity contribution in [1.29, 1.82) is 0 Å². The van der Waals surface area contributed by atoms with E-state index in [4.69, 9.17) is 18.0 Å². The molecule has 0 aliphatic carbocycles.